The summed E-state index contributed by atoms with van der Waals surface area (Å²) in [5, 5.41) is 5.71. The van der Waals surface area contributed by atoms with E-state index in [1.807, 2.05) is 14.1 Å². The van der Waals surface area contributed by atoms with Gasteiger partial charge >= 0.3 is 0 Å². The largest absolute Gasteiger partial charge is 0.374 e. The van der Waals surface area contributed by atoms with Crippen LogP contribution in [0.25, 0.3) is 0 Å². The standard InChI is InChI=1S/C15H28N4O3/c1-18(2)9-12-10-19(7-8-22-12)11-14(20)17-13-5-3-4-6-16-15(13)21/h12-13H,3-11H2,1-2H3,(H,16,21)(H,17,20)/t12-,13+/m1/s1. The molecule has 7 nitrogen and oxygen atoms in total. The lowest BCUT2D eigenvalue weighted by atomic mass is 10.1. The fraction of sp³-hybridized carbons (Fsp3) is 0.867. The van der Waals surface area contributed by atoms with Crippen LogP contribution >= 0.6 is 0 Å². The molecule has 0 aromatic rings. The molecule has 2 amide bonds. The van der Waals surface area contributed by atoms with Crippen LogP contribution in [0, 0.1) is 0 Å². The molecule has 2 fully saturated rings. The monoisotopic (exact) mass is 312 g/mol. The number of carbonyl (C=O) groups is 2. The number of rotatable bonds is 5. The summed E-state index contributed by atoms with van der Waals surface area (Å²) in [6.07, 6.45) is 2.81. The van der Waals surface area contributed by atoms with E-state index < -0.39 is 0 Å². The average molecular weight is 312 g/mol. The summed E-state index contributed by atoms with van der Waals surface area (Å²) < 4.78 is 5.70. The SMILES string of the molecule is CN(C)C[C@@H]1CN(CC(=O)N[C@H]2CCCCNC2=O)CCO1. The Balaban J connectivity index is 1.77. The van der Waals surface area contributed by atoms with Gasteiger partial charge in [-0.25, -0.2) is 0 Å². The molecular formula is C15H28N4O3. The molecule has 2 heterocycles. The summed E-state index contributed by atoms with van der Waals surface area (Å²) in [6, 6.07) is -0.381. The van der Waals surface area contributed by atoms with Gasteiger partial charge in [-0.3, -0.25) is 14.5 Å². The van der Waals surface area contributed by atoms with Crippen molar-refractivity contribution in [2.24, 2.45) is 0 Å². The zero-order chi connectivity index (χ0) is 15.9. The van der Waals surface area contributed by atoms with Crippen LogP contribution in [0.15, 0.2) is 0 Å². The number of nitrogens with one attached hydrogen (secondary N) is 2. The zero-order valence-electron chi connectivity index (χ0n) is 13.6. The molecule has 2 rings (SSSR count). The van der Waals surface area contributed by atoms with Gasteiger partial charge in [0.2, 0.25) is 11.8 Å². The number of carbonyl (C=O) groups excluding carboxylic acids is 2. The second-order valence-corrected chi connectivity index (χ2v) is 6.40. The van der Waals surface area contributed by atoms with Crippen LogP contribution < -0.4 is 10.6 Å². The molecule has 2 saturated heterocycles. The van der Waals surface area contributed by atoms with Crippen molar-refractivity contribution in [2.75, 3.05) is 53.4 Å². The average Bonchev–Trinajstić information content (AvgIpc) is 2.64. The summed E-state index contributed by atoms with van der Waals surface area (Å²) in [5.41, 5.74) is 0. The predicted molar refractivity (Wildman–Crippen MR) is 83.5 cm³/mol. The second-order valence-electron chi connectivity index (χ2n) is 6.40. The lowest BCUT2D eigenvalue weighted by molar-refractivity contribution is -0.130. The van der Waals surface area contributed by atoms with Crippen LogP contribution in [-0.2, 0) is 14.3 Å². The Morgan fingerprint density at radius 2 is 2.27 bits per heavy atom. The number of likely N-dealkylation sites (N-methyl/N-ethyl adjacent to an activating group) is 1. The Kier molecular flexibility index (Phi) is 6.60. The van der Waals surface area contributed by atoms with Gasteiger partial charge in [0, 0.05) is 26.2 Å². The molecule has 0 radical (unpaired) electrons. The number of nitrogens with zero attached hydrogens (tertiary/aromatic N) is 2. The lowest BCUT2D eigenvalue weighted by Crippen LogP contribution is -2.52. The van der Waals surface area contributed by atoms with E-state index in [0.717, 1.165) is 38.9 Å². The Morgan fingerprint density at radius 1 is 1.45 bits per heavy atom. The number of morpholine rings is 1. The van der Waals surface area contributed by atoms with Crippen molar-refractivity contribution in [3.63, 3.8) is 0 Å². The van der Waals surface area contributed by atoms with E-state index in [9.17, 15) is 9.59 Å². The van der Waals surface area contributed by atoms with Gasteiger partial charge in [-0.15, -0.1) is 0 Å². The molecular weight excluding hydrogens is 284 g/mol. The molecule has 0 aliphatic carbocycles. The number of amides is 2. The van der Waals surface area contributed by atoms with Crippen molar-refractivity contribution < 1.29 is 14.3 Å². The molecule has 0 aromatic heterocycles. The highest BCUT2D eigenvalue weighted by atomic mass is 16.5. The maximum absolute atomic E-state index is 12.2. The van der Waals surface area contributed by atoms with Gasteiger partial charge < -0.3 is 20.3 Å². The molecule has 7 heteroatoms. The van der Waals surface area contributed by atoms with Crippen molar-refractivity contribution in [3.8, 4) is 0 Å². The molecule has 126 valence electrons. The maximum Gasteiger partial charge on any atom is 0.242 e. The van der Waals surface area contributed by atoms with Crippen LogP contribution in [0.5, 0.6) is 0 Å². The molecule has 2 atom stereocenters. The van der Waals surface area contributed by atoms with Crippen LogP contribution in [0.3, 0.4) is 0 Å². The molecule has 0 unspecified atom stereocenters. The topological polar surface area (TPSA) is 73.9 Å². The minimum atomic E-state index is -0.381. The van der Waals surface area contributed by atoms with E-state index in [0.29, 0.717) is 19.7 Å². The van der Waals surface area contributed by atoms with Gasteiger partial charge in [0.15, 0.2) is 0 Å². The fourth-order valence-corrected chi connectivity index (χ4v) is 2.96. The molecule has 2 aliphatic heterocycles. The zero-order valence-corrected chi connectivity index (χ0v) is 13.6. The highest BCUT2D eigenvalue weighted by molar-refractivity contribution is 5.88. The van der Waals surface area contributed by atoms with E-state index in [1.54, 1.807) is 0 Å². The van der Waals surface area contributed by atoms with Crippen molar-refractivity contribution in [2.45, 2.75) is 31.4 Å². The van der Waals surface area contributed by atoms with Gasteiger partial charge in [0.05, 0.1) is 19.3 Å². The van der Waals surface area contributed by atoms with Crippen molar-refractivity contribution >= 4 is 11.8 Å². The van der Waals surface area contributed by atoms with Crippen LogP contribution in [-0.4, -0.2) is 87.2 Å². The molecule has 0 bridgehead atoms. The van der Waals surface area contributed by atoms with Gasteiger partial charge in [-0.1, -0.05) is 0 Å². The quantitative estimate of drug-likeness (QED) is 0.684. The number of hydrogen-bond acceptors (Lipinski definition) is 5. The van der Waals surface area contributed by atoms with E-state index in [-0.39, 0.29) is 24.0 Å². The first-order valence-electron chi connectivity index (χ1n) is 8.10. The van der Waals surface area contributed by atoms with Crippen LogP contribution in [0.4, 0.5) is 0 Å². The molecule has 0 aromatic carbocycles. The Labute approximate surface area is 132 Å². The highest BCUT2D eigenvalue weighted by Gasteiger charge is 2.26. The third-order valence-corrected chi connectivity index (χ3v) is 4.03. The summed E-state index contributed by atoms with van der Waals surface area (Å²) in [4.78, 5) is 28.2. The third kappa shape index (κ3) is 5.55. The first-order valence-corrected chi connectivity index (χ1v) is 8.10. The molecule has 22 heavy (non-hydrogen) atoms. The smallest absolute Gasteiger partial charge is 0.242 e. The molecule has 2 N–H and O–H groups in total. The van der Waals surface area contributed by atoms with Gasteiger partial charge in [0.25, 0.3) is 0 Å². The Morgan fingerprint density at radius 3 is 3.05 bits per heavy atom. The van der Waals surface area contributed by atoms with Crippen LogP contribution in [0.1, 0.15) is 19.3 Å². The maximum atomic E-state index is 12.2. The Hall–Kier alpha value is -1.18. The number of hydrogen-bond donors (Lipinski definition) is 2. The fourth-order valence-electron chi connectivity index (χ4n) is 2.96. The van der Waals surface area contributed by atoms with Gasteiger partial charge in [-0.05, 0) is 33.4 Å². The van der Waals surface area contributed by atoms with E-state index in [2.05, 4.69) is 20.4 Å². The molecule has 0 saturated carbocycles. The minimum Gasteiger partial charge on any atom is -0.374 e. The van der Waals surface area contributed by atoms with E-state index in [4.69, 9.17) is 4.74 Å². The normalized spacial score (nSPS) is 27.3. The van der Waals surface area contributed by atoms with Gasteiger partial charge in [0.1, 0.15) is 6.04 Å². The second kappa shape index (κ2) is 8.45. The third-order valence-electron chi connectivity index (χ3n) is 4.03. The minimum absolute atomic E-state index is 0.0571. The molecule has 0 spiro atoms. The Bertz CT molecular complexity index is 389. The first kappa shape index (κ1) is 17.2. The lowest BCUT2D eigenvalue weighted by Gasteiger charge is -2.33. The molecule has 2 aliphatic rings. The van der Waals surface area contributed by atoms with Crippen molar-refractivity contribution in [1.82, 2.24) is 20.4 Å². The van der Waals surface area contributed by atoms with E-state index >= 15 is 0 Å². The predicted octanol–water partition coefficient (Wildman–Crippen LogP) is -0.966. The summed E-state index contributed by atoms with van der Waals surface area (Å²) in [5.74, 6) is -0.133. The summed E-state index contributed by atoms with van der Waals surface area (Å²) in [7, 11) is 4.03. The van der Waals surface area contributed by atoms with Gasteiger partial charge in [-0.2, -0.15) is 0 Å². The van der Waals surface area contributed by atoms with Crippen molar-refractivity contribution in [3.05, 3.63) is 0 Å². The van der Waals surface area contributed by atoms with Crippen LogP contribution in [0.2, 0.25) is 0 Å². The number of ether oxygens (including phenoxy) is 1. The van der Waals surface area contributed by atoms with Crippen molar-refractivity contribution in [1.29, 1.82) is 0 Å². The summed E-state index contributed by atoms with van der Waals surface area (Å²) >= 11 is 0. The summed E-state index contributed by atoms with van der Waals surface area (Å²) in [6.45, 7) is 4.05. The van der Waals surface area contributed by atoms with E-state index in [1.165, 1.54) is 0 Å². The first-order chi connectivity index (χ1) is 10.5. The highest BCUT2D eigenvalue weighted by Crippen LogP contribution is 2.07.